The summed E-state index contributed by atoms with van der Waals surface area (Å²) in [5, 5.41) is 4.32. The van der Waals surface area contributed by atoms with Gasteiger partial charge in [-0.05, 0) is 31.6 Å². The summed E-state index contributed by atoms with van der Waals surface area (Å²) in [5.41, 5.74) is 0. The summed E-state index contributed by atoms with van der Waals surface area (Å²) in [6.45, 7) is 0. The summed E-state index contributed by atoms with van der Waals surface area (Å²) < 4.78 is 0. The number of nitrogens with one attached hydrogen (secondary N) is 1. The summed E-state index contributed by atoms with van der Waals surface area (Å²) in [6.07, 6.45) is 19.9. The Morgan fingerprint density at radius 1 is 0.632 bits per heavy atom. The van der Waals surface area contributed by atoms with E-state index in [9.17, 15) is 0 Å². The molecule has 1 atom stereocenters. The molecular weight excluding hydrogens is 250 g/mol. The monoisotopic (exact) mass is 283 g/mol. The van der Waals surface area contributed by atoms with Crippen LogP contribution in [-0.4, -0.2) is 11.4 Å². The van der Waals surface area contributed by atoms with Gasteiger partial charge in [-0.15, -0.1) is 0 Å². The number of thiol groups is 1. The molecule has 1 unspecified atom stereocenters. The maximum atomic E-state index is 4.92. The van der Waals surface area contributed by atoms with Gasteiger partial charge in [0.15, 0.2) is 0 Å². The normalized spacial score (nSPS) is 27.0. The molecule has 0 spiro atoms. The first kappa shape index (κ1) is 15.7. The summed E-state index contributed by atoms with van der Waals surface area (Å²) >= 11 is 4.92. The molecule has 112 valence electrons. The van der Waals surface area contributed by atoms with Gasteiger partial charge in [0.05, 0.1) is 5.37 Å². The Bertz CT molecular complexity index is 215. The third-order valence-electron chi connectivity index (χ3n) is 5.11. The Balaban J connectivity index is 1.75. The Morgan fingerprint density at radius 2 is 1.05 bits per heavy atom. The van der Waals surface area contributed by atoms with Gasteiger partial charge in [0.2, 0.25) is 0 Å². The van der Waals surface area contributed by atoms with Crippen LogP contribution in [0.4, 0.5) is 0 Å². The number of rotatable bonds is 3. The first-order valence-electron chi connectivity index (χ1n) is 8.80. The van der Waals surface area contributed by atoms with Crippen LogP contribution in [0.5, 0.6) is 0 Å². The minimum Gasteiger partial charge on any atom is -0.303 e. The van der Waals surface area contributed by atoms with Gasteiger partial charge in [-0.25, -0.2) is 0 Å². The fourth-order valence-corrected chi connectivity index (χ4v) is 4.31. The predicted molar refractivity (Wildman–Crippen MR) is 87.8 cm³/mol. The highest BCUT2D eigenvalue weighted by molar-refractivity contribution is 7.80. The highest BCUT2D eigenvalue weighted by Gasteiger charge is 2.22. The maximum absolute atomic E-state index is 4.92. The Labute approximate surface area is 125 Å². The van der Waals surface area contributed by atoms with Gasteiger partial charge >= 0.3 is 0 Å². The van der Waals surface area contributed by atoms with Crippen molar-refractivity contribution in [2.45, 2.75) is 101 Å². The van der Waals surface area contributed by atoms with E-state index in [4.69, 9.17) is 12.6 Å². The van der Waals surface area contributed by atoms with E-state index in [-0.39, 0.29) is 0 Å². The van der Waals surface area contributed by atoms with Gasteiger partial charge in [0.1, 0.15) is 0 Å². The molecule has 0 heterocycles. The summed E-state index contributed by atoms with van der Waals surface area (Å²) in [4.78, 5) is 0. The molecule has 0 saturated heterocycles. The van der Waals surface area contributed by atoms with Gasteiger partial charge < -0.3 is 5.32 Å². The van der Waals surface area contributed by atoms with Crippen LogP contribution in [-0.2, 0) is 0 Å². The zero-order valence-electron chi connectivity index (χ0n) is 12.6. The molecule has 2 aliphatic rings. The van der Waals surface area contributed by atoms with Crippen LogP contribution in [0.15, 0.2) is 0 Å². The van der Waals surface area contributed by atoms with Crippen molar-refractivity contribution >= 4 is 12.6 Å². The molecule has 0 aromatic rings. The third-order valence-corrected chi connectivity index (χ3v) is 5.68. The molecular formula is C17H33NS. The van der Waals surface area contributed by atoms with E-state index in [1.165, 1.54) is 89.9 Å². The van der Waals surface area contributed by atoms with Crippen LogP contribution < -0.4 is 5.32 Å². The van der Waals surface area contributed by atoms with E-state index in [1.54, 1.807) is 0 Å². The highest BCUT2D eigenvalue weighted by atomic mass is 32.1. The van der Waals surface area contributed by atoms with E-state index in [0.717, 1.165) is 12.0 Å². The second-order valence-corrected chi connectivity index (χ2v) is 7.32. The van der Waals surface area contributed by atoms with Crippen molar-refractivity contribution in [2.24, 2.45) is 5.92 Å². The molecule has 0 aliphatic heterocycles. The SMILES string of the molecule is SC(NC1CCCCCCC1)C1CCCCCCC1. The van der Waals surface area contributed by atoms with Crippen molar-refractivity contribution in [3.8, 4) is 0 Å². The van der Waals surface area contributed by atoms with Gasteiger partial charge in [0.25, 0.3) is 0 Å². The fourth-order valence-electron chi connectivity index (χ4n) is 3.80. The predicted octanol–water partition coefficient (Wildman–Crippen LogP) is 5.31. The van der Waals surface area contributed by atoms with Crippen LogP contribution in [0.3, 0.4) is 0 Å². The lowest BCUT2D eigenvalue weighted by molar-refractivity contribution is 0.303. The molecule has 0 radical (unpaired) electrons. The summed E-state index contributed by atoms with van der Waals surface area (Å²) in [5.74, 6) is 0.814. The van der Waals surface area contributed by atoms with Crippen molar-refractivity contribution in [2.75, 3.05) is 0 Å². The van der Waals surface area contributed by atoms with Crippen LogP contribution in [0.1, 0.15) is 89.9 Å². The average Bonchev–Trinajstić information content (AvgIpc) is 2.31. The van der Waals surface area contributed by atoms with Crippen molar-refractivity contribution in [3.05, 3.63) is 0 Å². The molecule has 2 aliphatic carbocycles. The average molecular weight is 284 g/mol. The minimum atomic E-state index is 0.447. The lowest BCUT2D eigenvalue weighted by Crippen LogP contribution is -2.40. The van der Waals surface area contributed by atoms with E-state index < -0.39 is 0 Å². The molecule has 1 nitrogen and oxygen atoms in total. The molecule has 2 fully saturated rings. The molecule has 0 amide bonds. The van der Waals surface area contributed by atoms with Crippen molar-refractivity contribution < 1.29 is 0 Å². The Kier molecular flexibility index (Phi) is 7.67. The number of hydrogen-bond acceptors (Lipinski definition) is 2. The molecule has 0 aromatic carbocycles. The van der Waals surface area contributed by atoms with Gasteiger partial charge in [0, 0.05) is 6.04 Å². The van der Waals surface area contributed by atoms with Crippen molar-refractivity contribution in [1.29, 1.82) is 0 Å². The van der Waals surface area contributed by atoms with E-state index in [1.807, 2.05) is 0 Å². The van der Waals surface area contributed by atoms with Gasteiger partial charge in [-0.3, -0.25) is 0 Å². The van der Waals surface area contributed by atoms with Gasteiger partial charge in [-0.2, -0.15) is 12.6 Å². The molecule has 19 heavy (non-hydrogen) atoms. The van der Waals surface area contributed by atoms with Gasteiger partial charge in [-0.1, -0.05) is 64.2 Å². The third kappa shape index (κ3) is 6.08. The molecule has 2 saturated carbocycles. The van der Waals surface area contributed by atoms with E-state index >= 15 is 0 Å². The van der Waals surface area contributed by atoms with Crippen molar-refractivity contribution in [1.82, 2.24) is 5.32 Å². The first-order chi connectivity index (χ1) is 9.36. The standard InChI is InChI=1S/C17H33NS/c19-17(15-11-7-3-1-4-8-12-15)18-16-13-9-5-2-6-10-14-16/h15-19H,1-14H2. The Hall–Kier alpha value is 0.310. The Morgan fingerprint density at radius 3 is 1.58 bits per heavy atom. The summed E-state index contributed by atoms with van der Waals surface area (Å²) in [6, 6.07) is 0.744. The second kappa shape index (κ2) is 9.28. The van der Waals surface area contributed by atoms with E-state index in [0.29, 0.717) is 5.37 Å². The minimum absolute atomic E-state index is 0.447. The van der Waals surface area contributed by atoms with Crippen molar-refractivity contribution in [3.63, 3.8) is 0 Å². The first-order valence-corrected chi connectivity index (χ1v) is 9.32. The lowest BCUT2D eigenvalue weighted by atomic mass is 9.90. The second-order valence-electron chi connectivity index (χ2n) is 6.76. The topological polar surface area (TPSA) is 12.0 Å². The van der Waals surface area contributed by atoms with Crippen LogP contribution in [0.2, 0.25) is 0 Å². The molecule has 0 bridgehead atoms. The summed E-state index contributed by atoms with van der Waals surface area (Å²) in [7, 11) is 0. The maximum Gasteiger partial charge on any atom is 0.0533 e. The van der Waals surface area contributed by atoms with E-state index in [2.05, 4.69) is 5.32 Å². The lowest BCUT2D eigenvalue weighted by Gasteiger charge is -2.31. The molecule has 1 N–H and O–H groups in total. The molecule has 2 heteroatoms. The number of hydrogen-bond donors (Lipinski definition) is 2. The zero-order chi connectivity index (χ0) is 13.3. The van der Waals surface area contributed by atoms with Crippen LogP contribution in [0.25, 0.3) is 0 Å². The smallest absolute Gasteiger partial charge is 0.0533 e. The quantitative estimate of drug-likeness (QED) is 0.528. The molecule has 0 aromatic heterocycles. The largest absolute Gasteiger partial charge is 0.303 e. The fraction of sp³-hybridized carbons (Fsp3) is 1.00. The zero-order valence-corrected chi connectivity index (χ0v) is 13.5. The van der Waals surface area contributed by atoms with Crippen LogP contribution >= 0.6 is 12.6 Å². The highest BCUT2D eigenvalue weighted by Crippen LogP contribution is 2.27. The molecule has 2 rings (SSSR count). The van der Waals surface area contributed by atoms with Crippen LogP contribution in [0, 0.1) is 5.92 Å².